The molecule has 0 spiro atoms. The minimum Gasteiger partial charge on any atom is -0.330 e. The third-order valence-corrected chi connectivity index (χ3v) is 4.18. The Morgan fingerprint density at radius 3 is 2.53 bits per heavy atom. The first-order valence-corrected chi connectivity index (χ1v) is 7.55. The fourth-order valence-corrected chi connectivity index (χ4v) is 3.07. The number of rotatable bonds is 6. The molecule has 1 aliphatic carbocycles. The third kappa shape index (κ3) is 4.75. The molecule has 2 atom stereocenters. The summed E-state index contributed by atoms with van der Waals surface area (Å²) >= 11 is 1.93. The predicted octanol–water partition coefficient (Wildman–Crippen LogP) is 2.05. The quantitative estimate of drug-likeness (QED) is 0.757. The van der Waals surface area contributed by atoms with Crippen LogP contribution in [-0.4, -0.2) is 43.6 Å². The Morgan fingerprint density at radius 2 is 1.93 bits per heavy atom. The van der Waals surface area contributed by atoms with Gasteiger partial charge in [-0.3, -0.25) is 0 Å². The largest absolute Gasteiger partial charge is 0.330 e. The number of hydrogen-bond donors (Lipinski definition) is 1. The molecule has 2 nitrogen and oxygen atoms in total. The number of thioether (sulfide) groups is 1. The van der Waals surface area contributed by atoms with Crippen molar-refractivity contribution in [2.45, 2.75) is 25.7 Å². The highest BCUT2D eigenvalue weighted by atomic mass is 32.2. The van der Waals surface area contributed by atoms with Gasteiger partial charge in [0.2, 0.25) is 0 Å². The van der Waals surface area contributed by atoms with E-state index in [-0.39, 0.29) is 0 Å². The van der Waals surface area contributed by atoms with Crippen LogP contribution in [0.4, 0.5) is 0 Å². The van der Waals surface area contributed by atoms with Crippen LogP contribution in [0.5, 0.6) is 0 Å². The van der Waals surface area contributed by atoms with E-state index in [1.165, 1.54) is 44.5 Å². The molecular weight excluding hydrogens is 204 g/mol. The molecule has 0 aromatic heterocycles. The summed E-state index contributed by atoms with van der Waals surface area (Å²) < 4.78 is 0. The predicted molar refractivity (Wildman–Crippen MR) is 70.4 cm³/mol. The lowest BCUT2D eigenvalue weighted by Gasteiger charge is -2.33. The van der Waals surface area contributed by atoms with E-state index in [9.17, 15) is 0 Å². The molecule has 0 amide bonds. The molecule has 1 saturated carbocycles. The van der Waals surface area contributed by atoms with Crippen LogP contribution in [0.25, 0.3) is 0 Å². The van der Waals surface area contributed by atoms with Crippen LogP contribution < -0.4 is 5.73 Å². The van der Waals surface area contributed by atoms with Crippen molar-refractivity contribution in [1.82, 2.24) is 4.90 Å². The Hall–Kier alpha value is 0.270. The van der Waals surface area contributed by atoms with Crippen LogP contribution >= 0.6 is 11.8 Å². The fraction of sp³-hybridized carbons (Fsp3) is 1.00. The monoisotopic (exact) mass is 230 g/mol. The van der Waals surface area contributed by atoms with Crippen LogP contribution in [0.15, 0.2) is 0 Å². The Morgan fingerprint density at radius 1 is 1.27 bits per heavy atom. The van der Waals surface area contributed by atoms with Gasteiger partial charge in [0.15, 0.2) is 0 Å². The Bertz CT molecular complexity index is 164. The molecule has 1 rings (SSSR count). The molecule has 0 bridgehead atoms. The van der Waals surface area contributed by atoms with Crippen molar-refractivity contribution in [3.8, 4) is 0 Å². The van der Waals surface area contributed by atoms with E-state index < -0.39 is 0 Å². The van der Waals surface area contributed by atoms with Crippen molar-refractivity contribution in [2.24, 2.45) is 17.6 Å². The molecule has 2 unspecified atom stereocenters. The lowest BCUT2D eigenvalue weighted by Crippen LogP contribution is -2.36. The smallest absolute Gasteiger partial charge is 0.00693 e. The van der Waals surface area contributed by atoms with E-state index in [4.69, 9.17) is 5.73 Å². The molecule has 1 aliphatic rings. The molecule has 0 saturated heterocycles. The molecule has 3 heteroatoms. The molecule has 2 N–H and O–H groups in total. The van der Waals surface area contributed by atoms with Gasteiger partial charge in [-0.1, -0.05) is 12.8 Å². The highest BCUT2D eigenvalue weighted by Crippen LogP contribution is 2.29. The zero-order valence-corrected chi connectivity index (χ0v) is 11.1. The lowest BCUT2D eigenvalue weighted by molar-refractivity contribution is 0.179. The highest BCUT2D eigenvalue weighted by molar-refractivity contribution is 7.98. The van der Waals surface area contributed by atoms with E-state index >= 15 is 0 Å². The van der Waals surface area contributed by atoms with Gasteiger partial charge in [-0.25, -0.2) is 0 Å². The first-order chi connectivity index (χ1) is 7.27. The van der Waals surface area contributed by atoms with E-state index in [0.29, 0.717) is 0 Å². The van der Waals surface area contributed by atoms with Crippen LogP contribution in [0, 0.1) is 11.8 Å². The van der Waals surface area contributed by atoms with Gasteiger partial charge in [-0.2, -0.15) is 11.8 Å². The lowest BCUT2D eigenvalue weighted by atomic mass is 9.79. The average Bonchev–Trinajstić information content (AvgIpc) is 2.27. The summed E-state index contributed by atoms with van der Waals surface area (Å²) in [7, 11) is 2.25. The summed E-state index contributed by atoms with van der Waals surface area (Å²) in [6.45, 7) is 3.36. The van der Waals surface area contributed by atoms with E-state index in [1.807, 2.05) is 11.8 Å². The molecule has 90 valence electrons. The molecule has 0 aromatic rings. The first-order valence-electron chi connectivity index (χ1n) is 6.15. The van der Waals surface area contributed by atoms with Crippen molar-refractivity contribution in [3.63, 3.8) is 0 Å². The van der Waals surface area contributed by atoms with Gasteiger partial charge in [-0.15, -0.1) is 0 Å². The molecule has 0 aromatic carbocycles. The SMILES string of the molecule is CSCCN(C)CC1CCCCC1CN. The summed E-state index contributed by atoms with van der Waals surface area (Å²) in [4.78, 5) is 2.48. The summed E-state index contributed by atoms with van der Waals surface area (Å²) in [5, 5.41) is 0. The normalized spacial score (nSPS) is 27.2. The summed E-state index contributed by atoms with van der Waals surface area (Å²) in [6, 6.07) is 0. The maximum absolute atomic E-state index is 5.85. The van der Waals surface area contributed by atoms with Gasteiger partial charge < -0.3 is 10.6 Å². The third-order valence-electron chi connectivity index (χ3n) is 3.59. The molecule has 0 heterocycles. The van der Waals surface area contributed by atoms with Crippen LogP contribution in [-0.2, 0) is 0 Å². The van der Waals surface area contributed by atoms with E-state index in [1.54, 1.807) is 0 Å². The van der Waals surface area contributed by atoms with E-state index in [0.717, 1.165) is 18.4 Å². The van der Waals surface area contributed by atoms with Crippen molar-refractivity contribution >= 4 is 11.8 Å². The van der Waals surface area contributed by atoms with Crippen molar-refractivity contribution in [3.05, 3.63) is 0 Å². The zero-order valence-electron chi connectivity index (χ0n) is 10.2. The second-order valence-electron chi connectivity index (χ2n) is 4.80. The van der Waals surface area contributed by atoms with Crippen LogP contribution in [0.3, 0.4) is 0 Å². The van der Waals surface area contributed by atoms with Crippen molar-refractivity contribution in [2.75, 3.05) is 38.7 Å². The summed E-state index contributed by atoms with van der Waals surface area (Å²) in [6.07, 6.45) is 7.74. The number of hydrogen-bond acceptors (Lipinski definition) is 3. The highest BCUT2D eigenvalue weighted by Gasteiger charge is 2.24. The van der Waals surface area contributed by atoms with Crippen molar-refractivity contribution in [1.29, 1.82) is 0 Å². The van der Waals surface area contributed by atoms with Gasteiger partial charge in [0.1, 0.15) is 0 Å². The standard InChI is InChI=1S/C12H26N2S/c1-14(7-8-15-2)10-12-6-4-3-5-11(12)9-13/h11-12H,3-10,13H2,1-2H3. The Labute approximate surface area is 99.0 Å². The average molecular weight is 230 g/mol. The maximum atomic E-state index is 5.85. The zero-order chi connectivity index (χ0) is 11.1. The molecular formula is C12H26N2S. The van der Waals surface area contributed by atoms with Crippen molar-refractivity contribution < 1.29 is 0 Å². The minimum absolute atomic E-state index is 0.787. The topological polar surface area (TPSA) is 29.3 Å². The summed E-state index contributed by atoms with van der Waals surface area (Å²) in [5.74, 6) is 2.89. The van der Waals surface area contributed by atoms with E-state index in [2.05, 4.69) is 18.2 Å². The van der Waals surface area contributed by atoms with Gasteiger partial charge in [-0.05, 0) is 44.5 Å². The molecule has 15 heavy (non-hydrogen) atoms. The van der Waals surface area contributed by atoms with Crippen LogP contribution in [0.1, 0.15) is 25.7 Å². The van der Waals surface area contributed by atoms with Crippen LogP contribution in [0.2, 0.25) is 0 Å². The Kier molecular flexibility index (Phi) is 6.69. The number of nitrogens with zero attached hydrogens (tertiary/aromatic N) is 1. The van der Waals surface area contributed by atoms with Gasteiger partial charge in [0.25, 0.3) is 0 Å². The minimum atomic E-state index is 0.787. The second-order valence-corrected chi connectivity index (χ2v) is 5.78. The maximum Gasteiger partial charge on any atom is 0.00693 e. The van der Waals surface area contributed by atoms with Gasteiger partial charge >= 0.3 is 0 Å². The Balaban J connectivity index is 2.27. The second kappa shape index (κ2) is 7.53. The molecule has 0 radical (unpaired) electrons. The summed E-state index contributed by atoms with van der Waals surface area (Å²) in [5.41, 5.74) is 5.85. The molecule has 1 fully saturated rings. The fourth-order valence-electron chi connectivity index (χ4n) is 2.57. The molecule has 0 aliphatic heterocycles. The number of nitrogens with two attached hydrogens (primary N) is 1. The first kappa shape index (κ1) is 13.3. The van der Waals surface area contributed by atoms with Gasteiger partial charge in [0, 0.05) is 18.8 Å². The van der Waals surface area contributed by atoms with Gasteiger partial charge in [0.05, 0.1) is 0 Å².